The second-order valence-corrected chi connectivity index (χ2v) is 6.84. The van der Waals surface area contributed by atoms with Crippen molar-refractivity contribution in [2.75, 3.05) is 18.2 Å². The number of fused-ring (bicyclic) bond motifs is 1. The number of aromatic nitrogens is 1. The van der Waals surface area contributed by atoms with Crippen molar-refractivity contribution < 1.29 is 9.53 Å². The summed E-state index contributed by atoms with van der Waals surface area (Å²) in [6.07, 6.45) is 1.66. The molecule has 1 aromatic heterocycles. The smallest absolute Gasteiger partial charge is 0.270 e. The van der Waals surface area contributed by atoms with Gasteiger partial charge in [-0.05, 0) is 42.2 Å². The van der Waals surface area contributed by atoms with Crippen molar-refractivity contribution in [3.63, 3.8) is 0 Å². The van der Waals surface area contributed by atoms with Crippen LogP contribution in [-0.2, 0) is 12.8 Å². The molecule has 0 spiro atoms. The van der Waals surface area contributed by atoms with Gasteiger partial charge in [0.05, 0.1) is 12.8 Å². The lowest BCUT2D eigenvalue weighted by Crippen LogP contribution is -2.35. The van der Waals surface area contributed by atoms with Crippen LogP contribution >= 0.6 is 12.4 Å². The van der Waals surface area contributed by atoms with Crippen molar-refractivity contribution in [3.05, 3.63) is 77.5 Å². The Labute approximate surface area is 175 Å². The van der Waals surface area contributed by atoms with Crippen molar-refractivity contribution in [1.29, 1.82) is 0 Å². The highest BCUT2D eigenvalue weighted by molar-refractivity contribution is 5.94. The topological polar surface area (TPSA) is 89.3 Å². The van der Waals surface area contributed by atoms with Crippen LogP contribution in [-0.4, -0.2) is 24.0 Å². The molecule has 0 radical (unpaired) electrons. The van der Waals surface area contributed by atoms with E-state index in [4.69, 9.17) is 10.5 Å². The first-order valence-corrected chi connectivity index (χ1v) is 9.17. The van der Waals surface area contributed by atoms with Crippen molar-refractivity contribution in [1.82, 2.24) is 10.3 Å². The van der Waals surface area contributed by atoms with E-state index in [-0.39, 0.29) is 30.0 Å². The van der Waals surface area contributed by atoms with E-state index in [1.165, 1.54) is 11.1 Å². The van der Waals surface area contributed by atoms with Crippen LogP contribution < -0.4 is 21.1 Å². The minimum atomic E-state index is -0.229. The van der Waals surface area contributed by atoms with Crippen LogP contribution in [0.15, 0.2) is 60.7 Å². The first kappa shape index (κ1) is 20.5. The number of para-hydroxylation sites is 2. The third-order valence-corrected chi connectivity index (χ3v) is 4.84. The maximum Gasteiger partial charge on any atom is 0.270 e. The molecule has 6 nitrogen and oxygen atoms in total. The highest BCUT2D eigenvalue weighted by Crippen LogP contribution is 2.27. The first-order chi connectivity index (χ1) is 13.6. The number of nitrogens with two attached hydrogens (primary N) is 1. The Hall–Kier alpha value is -3.25. The zero-order valence-corrected chi connectivity index (χ0v) is 16.8. The Morgan fingerprint density at radius 2 is 1.72 bits per heavy atom. The van der Waals surface area contributed by atoms with Gasteiger partial charge in [-0.1, -0.05) is 36.4 Å². The number of nitrogens with one attached hydrogen (secondary N) is 2. The van der Waals surface area contributed by atoms with Gasteiger partial charge in [0.1, 0.15) is 17.3 Å². The molecule has 0 saturated carbocycles. The molecule has 0 saturated heterocycles. The van der Waals surface area contributed by atoms with E-state index in [2.05, 4.69) is 27.8 Å². The predicted octanol–water partition coefficient (Wildman–Crippen LogP) is 3.74. The fraction of sp³-hybridized carbons (Fsp3) is 0.182. The summed E-state index contributed by atoms with van der Waals surface area (Å²) in [5, 5.41) is 6.24. The lowest BCUT2D eigenvalue weighted by molar-refractivity contribution is 0.0933. The van der Waals surface area contributed by atoms with E-state index in [9.17, 15) is 4.79 Å². The Bertz CT molecular complexity index is 1000. The van der Waals surface area contributed by atoms with Crippen LogP contribution in [0, 0.1) is 0 Å². The molecule has 4 rings (SSSR count). The number of nitrogen functional groups attached to an aromatic ring is 1. The number of halogens is 1. The van der Waals surface area contributed by atoms with Gasteiger partial charge in [-0.25, -0.2) is 4.98 Å². The molecule has 1 aliphatic carbocycles. The Morgan fingerprint density at radius 1 is 1.07 bits per heavy atom. The van der Waals surface area contributed by atoms with Crippen molar-refractivity contribution >= 4 is 35.5 Å². The summed E-state index contributed by atoms with van der Waals surface area (Å²) >= 11 is 0. The molecular formula is C22H23ClN4O2. The normalized spacial score (nSPS) is 12.6. The van der Waals surface area contributed by atoms with Crippen LogP contribution in [0.4, 0.5) is 17.2 Å². The molecule has 29 heavy (non-hydrogen) atoms. The van der Waals surface area contributed by atoms with Gasteiger partial charge in [-0.2, -0.15) is 0 Å². The number of carbonyl (C=O) groups excluding carboxylic acids is 1. The highest BCUT2D eigenvalue weighted by atomic mass is 35.5. The number of ether oxygens (including phenoxy) is 1. The number of hydrogen-bond donors (Lipinski definition) is 3. The van der Waals surface area contributed by atoms with Crippen LogP contribution in [0.2, 0.25) is 0 Å². The first-order valence-electron chi connectivity index (χ1n) is 9.17. The molecular weight excluding hydrogens is 388 g/mol. The average Bonchev–Trinajstić information content (AvgIpc) is 3.10. The minimum Gasteiger partial charge on any atom is -0.495 e. The maximum atomic E-state index is 12.8. The Morgan fingerprint density at radius 3 is 2.41 bits per heavy atom. The molecule has 2 aromatic carbocycles. The lowest BCUT2D eigenvalue weighted by atomic mass is 10.1. The third-order valence-electron chi connectivity index (χ3n) is 4.84. The molecule has 0 atom stereocenters. The van der Waals surface area contributed by atoms with E-state index in [0.717, 1.165) is 18.5 Å². The van der Waals surface area contributed by atoms with Gasteiger partial charge in [0.2, 0.25) is 0 Å². The number of hydrogen-bond acceptors (Lipinski definition) is 5. The number of pyridine rings is 1. The largest absolute Gasteiger partial charge is 0.495 e. The molecule has 4 N–H and O–H groups in total. The number of rotatable bonds is 5. The van der Waals surface area contributed by atoms with Crippen LogP contribution in [0.25, 0.3) is 0 Å². The Balaban J connectivity index is 0.00000240. The maximum absolute atomic E-state index is 12.8. The monoisotopic (exact) mass is 410 g/mol. The average molecular weight is 411 g/mol. The molecule has 150 valence electrons. The van der Waals surface area contributed by atoms with E-state index in [0.29, 0.717) is 17.3 Å². The second kappa shape index (κ2) is 8.84. The molecule has 1 amide bonds. The van der Waals surface area contributed by atoms with Crippen LogP contribution in [0.1, 0.15) is 21.6 Å². The molecule has 1 aliphatic rings. The van der Waals surface area contributed by atoms with Gasteiger partial charge >= 0.3 is 0 Å². The summed E-state index contributed by atoms with van der Waals surface area (Å²) in [6.45, 7) is 0. The number of nitrogens with zero attached hydrogens (tertiary/aromatic N) is 1. The summed E-state index contributed by atoms with van der Waals surface area (Å²) in [5.41, 5.74) is 10.1. The summed E-state index contributed by atoms with van der Waals surface area (Å²) < 4.78 is 5.34. The number of amides is 1. The molecule has 7 heteroatoms. The number of benzene rings is 2. The van der Waals surface area contributed by atoms with Gasteiger partial charge in [0.15, 0.2) is 0 Å². The predicted molar refractivity (Wildman–Crippen MR) is 117 cm³/mol. The molecule has 0 aliphatic heterocycles. The highest BCUT2D eigenvalue weighted by Gasteiger charge is 2.23. The van der Waals surface area contributed by atoms with Crippen LogP contribution in [0.5, 0.6) is 5.75 Å². The zero-order valence-electron chi connectivity index (χ0n) is 16.0. The van der Waals surface area contributed by atoms with E-state index < -0.39 is 0 Å². The Kier molecular flexibility index (Phi) is 6.24. The lowest BCUT2D eigenvalue weighted by Gasteiger charge is -2.14. The number of methoxy groups -OCH3 is 1. The van der Waals surface area contributed by atoms with Crippen LogP contribution in [0.3, 0.4) is 0 Å². The van der Waals surface area contributed by atoms with Crippen molar-refractivity contribution in [2.45, 2.75) is 18.9 Å². The minimum absolute atomic E-state index is 0. The van der Waals surface area contributed by atoms with E-state index in [1.807, 2.05) is 36.4 Å². The summed E-state index contributed by atoms with van der Waals surface area (Å²) in [4.78, 5) is 17.2. The molecule has 0 bridgehead atoms. The molecule has 1 heterocycles. The van der Waals surface area contributed by atoms with Gasteiger partial charge in [-0.3, -0.25) is 4.79 Å². The SMILES string of the molecule is COc1ccccc1Nc1cc(N)cc(C(=O)NC2Cc3ccccc3C2)n1.Cl. The van der Waals surface area contributed by atoms with Crippen molar-refractivity contribution in [2.24, 2.45) is 0 Å². The molecule has 3 aromatic rings. The third kappa shape index (κ3) is 4.60. The van der Waals surface area contributed by atoms with E-state index >= 15 is 0 Å². The number of anilines is 3. The quantitative estimate of drug-likeness (QED) is 0.596. The van der Waals surface area contributed by atoms with Crippen molar-refractivity contribution in [3.8, 4) is 5.75 Å². The molecule has 0 fully saturated rings. The standard InChI is InChI=1S/C22H22N4O2.ClH/c1-28-20-9-5-4-8-18(20)25-21-13-16(23)12-19(26-21)22(27)24-17-10-14-6-2-3-7-15(14)11-17;/h2-9,12-13,17H,10-11H2,1H3,(H,24,27)(H3,23,25,26);1H. The summed E-state index contributed by atoms with van der Waals surface area (Å²) in [5.74, 6) is 0.944. The van der Waals surface area contributed by atoms with E-state index in [1.54, 1.807) is 19.2 Å². The molecule has 0 unspecified atom stereocenters. The second-order valence-electron chi connectivity index (χ2n) is 6.84. The van der Waals surface area contributed by atoms with Gasteiger partial charge in [0, 0.05) is 17.8 Å². The van der Waals surface area contributed by atoms with Gasteiger partial charge in [-0.15, -0.1) is 12.4 Å². The fourth-order valence-corrected chi connectivity index (χ4v) is 3.54. The fourth-order valence-electron chi connectivity index (χ4n) is 3.54. The van der Waals surface area contributed by atoms with Gasteiger partial charge < -0.3 is 21.1 Å². The summed E-state index contributed by atoms with van der Waals surface area (Å²) in [7, 11) is 1.60. The van der Waals surface area contributed by atoms with Gasteiger partial charge in [0.25, 0.3) is 5.91 Å². The zero-order chi connectivity index (χ0) is 19.5. The number of carbonyl (C=O) groups is 1. The summed E-state index contributed by atoms with van der Waals surface area (Å²) in [6, 6.07) is 19.1.